The highest BCUT2D eigenvalue weighted by Crippen LogP contribution is 2.39. The third kappa shape index (κ3) is 4.30. The zero-order valence-electron chi connectivity index (χ0n) is 24.3. The van der Waals surface area contributed by atoms with Crippen LogP contribution in [0.1, 0.15) is 22.9 Å². The van der Waals surface area contributed by atoms with Gasteiger partial charge in [0.1, 0.15) is 23.2 Å². The van der Waals surface area contributed by atoms with E-state index in [9.17, 15) is 0 Å². The third-order valence-electron chi connectivity index (χ3n) is 8.72. The number of furan rings is 1. The molecule has 7 aromatic carbocycles. The number of amidine groups is 2. The zero-order valence-corrected chi connectivity index (χ0v) is 24.3. The third-order valence-corrected chi connectivity index (χ3v) is 8.72. The van der Waals surface area contributed by atoms with E-state index < -0.39 is 0 Å². The van der Waals surface area contributed by atoms with Crippen LogP contribution >= 0.6 is 0 Å². The minimum atomic E-state index is -0.303. The SMILES string of the molecule is c1ccc(-c2cccc3oc4cccc(C5=NC(c6ccc7c(ccc8ccccc87)c6)=NC(c6ccccc6)N5)c4c23)cc1. The first-order valence-corrected chi connectivity index (χ1v) is 15.2. The summed E-state index contributed by atoms with van der Waals surface area (Å²) in [7, 11) is 0. The predicted octanol–water partition coefficient (Wildman–Crippen LogP) is 10.1. The molecule has 0 saturated carbocycles. The summed E-state index contributed by atoms with van der Waals surface area (Å²) < 4.78 is 6.44. The lowest BCUT2D eigenvalue weighted by Gasteiger charge is -2.24. The topological polar surface area (TPSA) is 49.9 Å². The Morgan fingerprint density at radius 2 is 1.18 bits per heavy atom. The summed E-state index contributed by atoms with van der Waals surface area (Å²) in [4.78, 5) is 10.4. The molecule has 4 nitrogen and oxygen atoms in total. The molecule has 0 radical (unpaired) electrons. The highest BCUT2D eigenvalue weighted by atomic mass is 16.3. The maximum atomic E-state index is 6.44. The van der Waals surface area contributed by atoms with Gasteiger partial charge in [0, 0.05) is 21.9 Å². The van der Waals surface area contributed by atoms with E-state index in [4.69, 9.17) is 14.4 Å². The molecular weight excluding hydrogens is 550 g/mol. The Morgan fingerprint density at radius 3 is 2.00 bits per heavy atom. The van der Waals surface area contributed by atoms with Crippen molar-refractivity contribution in [2.24, 2.45) is 9.98 Å². The molecule has 9 rings (SSSR count). The van der Waals surface area contributed by atoms with Gasteiger partial charge in [-0.15, -0.1) is 0 Å². The minimum Gasteiger partial charge on any atom is -0.456 e. The van der Waals surface area contributed by atoms with Crippen LogP contribution in [-0.2, 0) is 0 Å². The van der Waals surface area contributed by atoms with E-state index in [0.717, 1.165) is 61.0 Å². The van der Waals surface area contributed by atoms with Crippen molar-refractivity contribution in [3.63, 3.8) is 0 Å². The summed E-state index contributed by atoms with van der Waals surface area (Å²) in [6.45, 7) is 0. The number of fused-ring (bicyclic) bond motifs is 6. The van der Waals surface area contributed by atoms with Gasteiger partial charge in [0.05, 0.1) is 0 Å². The molecule has 1 N–H and O–H groups in total. The molecule has 4 heteroatoms. The highest BCUT2D eigenvalue weighted by molar-refractivity contribution is 6.24. The van der Waals surface area contributed by atoms with Gasteiger partial charge in [-0.05, 0) is 56.4 Å². The van der Waals surface area contributed by atoms with Gasteiger partial charge in [-0.25, -0.2) is 9.98 Å². The Morgan fingerprint density at radius 1 is 0.511 bits per heavy atom. The molecule has 2 heterocycles. The average molecular weight is 578 g/mol. The number of aliphatic imine (C=N–C) groups is 2. The maximum absolute atomic E-state index is 6.44. The Labute approximate surface area is 260 Å². The molecule has 8 aromatic rings. The van der Waals surface area contributed by atoms with E-state index in [0.29, 0.717) is 5.84 Å². The molecule has 0 amide bonds. The molecule has 0 aliphatic carbocycles. The number of rotatable bonds is 4. The van der Waals surface area contributed by atoms with Gasteiger partial charge in [-0.3, -0.25) is 0 Å². The lowest BCUT2D eigenvalue weighted by Crippen LogP contribution is -2.33. The molecule has 1 aromatic heterocycles. The van der Waals surface area contributed by atoms with Gasteiger partial charge in [0.15, 0.2) is 5.84 Å². The van der Waals surface area contributed by atoms with Crippen LogP contribution in [0.25, 0.3) is 54.6 Å². The van der Waals surface area contributed by atoms with E-state index in [1.165, 1.54) is 16.2 Å². The van der Waals surface area contributed by atoms with Crippen molar-refractivity contribution in [1.82, 2.24) is 5.32 Å². The van der Waals surface area contributed by atoms with Gasteiger partial charge in [0.2, 0.25) is 0 Å². The fourth-order valence-electron chi connectivity index (χ4n) is 6.60. The molecule has 45 heavy (non-hydrogen) atoms. The van der Waals surface area contributed by atoms with Crippen molar-refractivity contribution in [2.75, 3.05) is 0 Å². The van der Waals surface area contributed by atoms with E-state index in [2.05, 4.69) is 127 Å². The summed E-state index contributed by atoms with van der Waals surface area (Å²) in [5.41, 5.74) is 6.99. The predicted molar refractivity (Wildman–Crippen MR) is 186 cm³/mol. The van der Waals surface area contributed by atoms with Crippen molar-refractivity contribution in [1.29, 1.82) is 0 Å². The van der Waals surface area contributed by atoms with Crippen molar-refractivity contribution >= 4 is 55.2 Å². The molecule has 0 fully saturated rings. The molecule has 0 bridgehead atoms. The van der Waals surface area contributed by atoms with Crippen LogP contribution in [0.3, 0.4) is 0 Å². The zero-order chi connectivity index (χ0) is 29.7. The number of nitrogens with one attached hydrogen (secondary N) is 1. The van der Waals surface area contributed by atoms with Crippen LogP contribution in [0.15, 0.2) is 166 Å². The summed E-state index contributed by atoms with van der Waals surface area (Å²) in [5.74, 6) is 1.46. The first-order chi connectivity index (χ1) is 22.3. The quantitative estimate of drug-likeness (QED) is 0.212. The van der Waals surface area contributed by atoms with E-state index in [1.807, 2.05) is 30.3 Å². The van der Waals surface area contributed by atoms with Crippen molar-refractivity contribution < 1.29 is 4.42 Å². The Balaban J connectivity index is 1.25. The van der Waals surface area contributed by atoms with Gasteiger partial charge in [0.25, 0.3) is 0 Å². The monoisotopic (exact) mass is 577 g/mol. The molecule has 212 valence electrons. The first-order valence-electron chi connectivity index (χ1n) is 15.2. The van der Waals surface area contributed by atoms with Gasteiger partial charge in [-0.2, -0.15) is 0 Å². The van der Waals surface area contributed by atoms with Crippen LogP contribution in [0.4, 0.5) is 0 Å². The second kappa shape index (κ2) is 10.3. The van der Waals surface area contributed by atoms with Crippen molar-refractivity contribution in [3.05, 3.63) is 168 Å². The highest BCUT2D eigenvalue weighted by Gasteiger charge is 2.24. The Bertz CT molecular complexity index is 2460. The van der Waals surface area contributed by atoms with E-state index >= 15 is 0 Å². The van der Waals surface area contributed by atoms with Crippen LogP contribution in [-0.4, -0.2) is 11.7 Å². The van der Waals surface area contributed by atoms with Crippen LogP contribution < -0.4 is 5.32 Å². The Hall–Kier alpha value is -6.00. The molecule has 1 atom stereocenters. The van der Waals surface area contributed by atoms with Gasteiger partial charge in [-0.1, -0.05) is 133 Å². The molecule has 1 aliphatic heterocycles. The summed E-state index contributed by atoms with van der Waals surface area (Å²) in [6.07, 6.45) is -0.303. The maximum Gasteiger partial charge on any atom is 0.159 e. The van der Waals surface area contributed by atoms with Crippen LogP contribution in [0.5, 0.6) is 0 Å². The largest absolute Gasteiger partial charge is 0.456 e. The number of hydrogen-bond donors (Lipinski definition) is 1. The minimum absolute atomic E-state index is 0.303. The van der Waals surface area contributed by atoms with Crippen molar-refractivity contribution in [2.45, 2.75) is 6.17 Å². The van der Waals surface area contributed by atoms with E-state index in [-0.39, 0.29) is 6.17 Å². The number of nitrogens with zero attached hydrogens (tertiary/aromatic N) is 2. The van der Waals surface area contributed by atoms with Crippen LogP contribution in [0.2, 0.25) is 0 Å². The smallest absolute Gasteiger partial charge is 0.159 e. The summed E-state index contributed by atoms with van der Waals surface area (Å²) in [5, 5.41) is 10.7. The standard InChI is InChI=1S/C41H27N3O/c1-3-11-26(12-4-1)33-17-9-19-35-37(33)38-34(18-10-20-36(38)45-35)41-43-39(28-14-5-2-6-15-28)42-40(44-41)30-23-24-32-29(25-30)22-21-27-13-7-8-16-31(27)32/h1-25,39H,(H,42,43,44). The second-order valence-corrected chi connectivity index (χ2v) is 11.4. The van der Waals surface area contributed by atoms with Gasteiger partial charge < -0.3 is 9.73 Å². The fraction of sp³-hybridized carbons (Fsp3) is 0.0244. The first kappa shape index (κ1) is 25.5. The average Bonchev–Trinajstić information content (AvgIpc) is 3.51. The second-order valence-electron chi connectivity index (χ2n) is 11.4. The molecular formula is C41H27N3O. The van der Waals surface area contributed by atoms with Crippen LogP contribution in [0, 0.1) is 0 Å². The molecule has 0 spiro atoms. The molecule has 1 aliphatic rings. The molecule has 1 unspecified atom stereocenters. The normalized spacial score (nSPS) is 14.9. The lowest BCUT2D eigenvalue weighted by atomic mass is 9.96. The molecule has 0 saturated heterocycles. The number of benzene rings is 7. The van der Waals surface area contributed by atoms with Crippen molar-refractivity contribution in [3.8, 4) is 11.1 Å². The number of hydrogen-bond acceptors (Lipinski definition) is 4. The lowest BCUT2D eigenvalue weighted by molar-refractivity contribution is 0.668. The summed E-state index contributed by atoms with van der Waals surface area (Å²) >= 11 is 0. The fourth-order valence-corrected chi connectivity index (χ4v) is 6.60. The van der Waals surface area contributed by atoms with Gasteiger partial charge >= 0.3 is 0 Å². The summed E-state index contributed by atoms with van der Waals surface area (Å²) in [6, 6.07) is 52.7. The Kier molecular flexibility index (Phi) is 5.85. The van der Waals surface area contributed by atoms with E-state index in [1.54, 1.807) is 0 Å².